The van der Waals surface area contributed by atoms with E-state index >= 15 is 0 Å². The Morgan fingerprint density at radius 2 is 1.53 bits per heavy atom. The Morgan fingerprint density at radius 1 is 0.933 bits per heavy atom. The van der Waals surface area contributed by atoms with Gasteiger partial charge in [-0.05, 0) is 49.8 Å². The molecule has 30 heavy (non-hydrogen) atoms. The Labute approximate surface area is 177 Å². The molecule has 2 aromatic rings. The number of hydrogen-bond acceptors (Lipinski definition) is 4. The van der Waals surface area contributed by atoms with Gasteiger partial charge in [-0.15, -0.1) is 0 Å². The lowest BCUT2D eigenvalue weighted by Gasteiger charge is -2.36. The maximum Gasteiger partial charge on any atom is 0.328 e. The highest BCUT2D eigenvalue weighted by atomic mass is 32.2. The molecule has 3 heterocycles. The van der Waals surface area contributed by atoms with E-state index in [0.717, 1.165) is 25.9 Å². The second kappa shape index (κ2) is 7.85. The summed E-state index contributed by atoms with van der Waals surface area (Å²) in [6, 6.07) is 4.80. The van der Waals surface area contributed by atoms with Crippen LogP contribution >= 0.6 is 0 Å². The second-order valence-electron chi connectivity index (χ2n) is 8.74. The highest BCUT2D eigenvalue weighted by molar-refractivity contribution is 7.89. The van der Waals surface area contributed by atoms with E-state index in [4.69, 9.17) is 0 Å². The van der Waals surface area contributed by atoms with Crippen molar-refractivity contribution in [3.8, 4) is 0 Å². The van der Waals surface area contributed by atoms with Crippen LogP contribution in [0.4, 0.5) is 0 Å². The molecule has 1 amide bonds. The molecule has 2 aliphatic rings. The summed E-state index contributed by atoms with van der Waals surface area (Å²) in [7, 11) is -0.363. The number of imidazole rings is 1. The summed E-state index contributed by atoms with van der Waals surface area (Å²) >= 11 is 0. The average Bonchev–Trinajstić information content (AvgIpc) is 2.97. The quantitative estimate of drug-likeness (QED) is 0.733. The third kappa shape index (κ3) is 3.58. The van der Waals surface area contributed by atoms with Crippen molar-refractivity contribution in [3.05, 3.63) is 28.7 Å². The van der Waals surface area contributed by atoms with Gasteiger partial charge in [-0.25, -0.2) is 13.2 Å². The van der Waals surface area contributed by atoms with Crippen LogP contribution in [0.25, 0.3) is 11.0 Å². The van der Waals surface area contributed by atoms with Crippen molar-refractivity contribution in [1.82, 2.24) is 18.3 Å². The number of carbonyl (C=O) groups is 1. The SMILES string of the molecule is CC1CCN(C(=O)C2CCN(S(=O)(=O)c3ccc4c(c3)n(C)c(=O)n4C)CC2)CC1. The number of fused-ring (bicyclic) bond motifs is 1. The van der Waals surface area contributed by atoms with E-state index in [0.29, 0.717) is 42.9 Å². The highest BCUT2D eigenvalue weighted by Gasteiger charge is 2.34. The summed E-state index contributed by atoms with van der Waals surface area (Å²) in [5.74, 6) is 0.754. The molecular weight excluding hydrogens is 404 g/mol. The van der Waals surface area contributed by atoms with Gasteiger partial charge in [0.05, 0.1) is 15.9 Å². The standard InChI is InChI=1S/C21H30N4O4S/c1-15-6-10-24(11-7-15)20(26)16-8-12-25(13-9-16)30(28,29)17-4-5-18-19(14-17)23(3)21(27)22(18)2/h4-5,14-16H,6-13H2,1-3H3. The number of aryl methyl sites for hydroxylation is 2. The molecule has 164 valence electrons. The summed E-state index contributed by atoms with van der Waals surface area (Å²) in [6.45, 7) is 4.53. The summed E-state index contributed by atoms with van der Waals surface area (Å²) in [6.07, 6.45) is 3.19. The number of amides is 1. The van der Waals surface area contributed by atoms with E-state index in [1.54, 1.807) is 32.3 Å². The summed E-state index contributed by atoms with van der Waals surface area (Å²) < 4.78 is 30.8. The highest BCUT2D eigenvalue weighted by Crippen LogP contribution is 2.28. The molecule has 0 bridgehead atoms. The average molecular weight is 435 g/mol. The molecule has 9 heteroatoms. The van der Waals surface area contributed by atoms with Crippen LogP contribution in [0.5, 0.6) is 0 Å². The Balaban J connectivity index is 1.47. The smallest absolute Gasteiger partial charge is 0.328 e. The van der Waals surface area contributed by atoms with Crippen molar-refractivity contribution >= 4 is 27.0 Å². The number of carbonyl (C=O) groups excluding carboxylic acids is 1. The molecule has 4 rings (SSSR count). The number of benzene rings is 1. The first-order valence-electron chi connectivity index (χ1n) is 10.6. The molecule has 0 spiro atoms. The number of hydrogen-bond donors (Lipinski definition) is 0. The first kappa shape index (κ1) is 21.1. The Kier molecular flexibility index (Phi) is 5.52. The van der Waals surface area contributed by atoms with Crippen LogP contribution in [0.15, 0.2) is 27.9 Å². The molecule has 1 aromatic heterocycles. The first-order valence-corrected chi connectivity index (χ1v) is 12.1. The van der Waals surface area contributed by atoms with E-state index in [-0.39, 0.29) is 22.4 Å². The van der Waals surface area contributed by atoms with Crippen LogP contribution in [0, 0.1) is 11.8 Å². The number of sulfonamides is 1. The number of piperidine rings is 2. The molecular formula is C21H30N4O4S. The molecule has 0 unspecified atom stereocenters. The molecule has 0 aliphatic carbocycles. The molecule has 2 fully saturated rings. The lowest BCUT2D eigenvalue weighted by Crippen LogP contribution is -2.46. The van der Waals surface area contributed by atoms with Crippen molar-refractivity contribution < 1.29 is 13.2 Å². The van der Waals surface area contributed by atoms with Crippen LogP contribution in [0.3, 0.4) is 0 Å². The molecule has 2 aliphatic heterocycles. The van der Waals surface area contributed by atoms with E-state index < -0.39 is 10.0 Å². The largest absolute Gasteiger partial charge is 0.342 e. The zero-order chi connectivity index (χ0) is 21.6. The van der Waals surface area contributed by atoms with E-state index in [9.17, 15) is 18.0 Å². The lowest BCUT2D eigenvalue weighted by molar-refractivity contribution is -0.138. The number of rotatable bonds is 3. The van der Waals surface area contributed by atoms with Gasteiger partial charge in [-0.2, -0.15) is 4.31 Å². The van der Waals surface area contributed by atoms with Gasteiger partial charge < -0.3 is 4.90 Å². The molecule has 2 saturated heterocycles. The summed E-state index contributed by atoms with van der Waals surface area (Å²) in [5, 5.41) is 0. The minimum atomic E-state index is -3.67. The minimum Gasteiger partial charge on any atom is -0.342 e. The Hall–Kier alpha value is -2.13. The maximum atomic E-state index is 13.2. The summed E-state index contributed by atoms with van der Waals surface area (Å²) in [5.41, 5.74) is 1.10. The number of nitrogens with zero attached hydrogens (tertiary/aromatic N) is 4. The van der Waals surface area contributed by atoms with Crippen LogP contribution < -0.4 is 5.69 Å². The van der Waals surface area contributed by atoms with E-state index in [1.165, 1.54) is 13.4 Å². The van der Waals surface area contributed by atoms with Crippen LogP contribution in [0.2, 0.25) is 0 Å². The molecule has 0 radical (unpaired) electrons. The van der Waals surface area contributed by atoms with Crippen molar-refractivity contribution in [1.29, 1.82) is 0 Å². The van der Waals surface area contributed by atoms with Crippen LogP contribution in [0.1, 0.15) is 32.6 Å². The Bertz CT molecular complexity index is 1120. The third-order valence-corrected chi connectivity index (χ3v) is 8.67. The van der Waals surface area contributed by atoms with Gasteiger partial charge in [0.1, 0.15) is 0 Å². The zero-order valence-corrected chi connectivity index (χ0v) is 18.7. The van der Waals surface area contributed by atoms with Crippen molar-refractivity contribution in [2.24, 2.45) is 25.9 Å². The van der Waals surface area contributed by atoms with Crippen molar-refractivity contribution in [2.75, 3.05) is 26.2 Å². The fraction of sp³-hybridized carbons (Fsp3) is 0.619. The molecule has 0 atom stereocenters. The Morgan fingerprint density at radius 3 is 2.17 bits per heavy atom. The second-order valence-corrected chi connectivity index (χ2v) is 10.7. The predicted octanol–water partition coefficient (Wildman–Crippen LogP) is 1.54. The number of aromatic nitrogens is 2. The fourth-order valence-electron chi connectivity index (χ4n) is 4.63. The van der Waals surface area contributed by atoms with Gasteiger partial charge in [-0.1, -0.05) is 6.92 Å². The van der Waals surface area contributed by atoms with Gasteiger partial charge in [-0.3, -0.25) is 13.9 Å². The minimum absolute atomic E-state index is 0.0951. The number of likely N-dealkylation sites (tertiary alicyclic amines) is 1. The fourth-order valence-corrected chi connectivity index (χ4v) is 6.12. The predicted molar refractivity (Wildman–Crippen MR) is 115 cm³/mol. The van der Waals surface area contributed by atoms with Gasteiger partial charge in [0.25, 0.3) is 0 Å². The van der Waals surface area contributed by atoms with Gasteiger partial charge in [0, 0.05) is 46.2 Å². The molecule has 1 aromatic carbocycles. The van der Waals surface area contributed by atoms with Crippen LogP contribution in [-0.2, 0) is 28.9 Å². The summed E-state index contributed by atoms with van der Waals surface area (Å²) in [4.78, 5) is 27.1. The lowest BCUT2D eigenvalue weighted by atomic mass is 9.93. The zero-order valence-electron chi connectivity index (χ0n) is 17.9. The van der Waals surface area contributed by atoms with E-state index in [2.05, 4.69) is 6.92 Å². The van der Waals surface area contributed by atoms with Crippen LogP contribution in [-0.4, -0.2) is 58.8 Å². The van der Waals surface area contributed by atoms with Gasteiger partial charge >= 0.3 is 5.69 Å². The normalized spacial score (nSPS) is 20.2. The van der Waals surface area contributed by atoms with E-state index in [1.807, 2.05) is 4.90 Å². The monoisotopic (exact) mass is 434 g/mol. The molecule has 0 saturated carbocycles. The van der Waals surface area contributed by atoms with Gasteiger partial charge in [0.2, 0.25) is 15.9 Å². The topological polar surface area (TPSA) is 84.6 Å². The molecule has 8 nitrogen and oxygen atoms in total. The van der Waals surface area contributed by atoms with Crippen molar-refractivity contribution in [3.63, 3.8) is 0 Å². The first-order chi connectivity index (χ1) is 14.2. The third-order valence-electron chi connectivity index (χ3n) is 6.78. The maximum absolute atomic E-state index is 13.2. The van der Waals surface area contributed by atoms with Crippen molar-refractivity contribution in [2.45, 2.75) is 37.5 Å². The van der Waals surface area contributed by atoms with Gasteiger partial charge in [0.15, 0.2) is 0 Å². The molecule has 0 N–H and O–H groups in total.